The minimum atomic E-state index is 0.365. The highest BCUT2D eigenvalue weighted by atomic mass is 15.1. The molecule has 0 radical (unpaired) electrons. The zero-order valence-electron chi connectivity index (χ0n) is 7.07. The molecule has 4 nitrogen and oxygen atoms in total. The van der Waals surface area contributed by atoms with E-state index in [1.165, 1.54) is 0 Å². The van der Waals surface area contributed by atoms with E-state index in [2.05, 4.69) is 34.0 Å². The van der Waals surface area contributed by atoms with Gasteiger partial charge in [0.2, 0.25) is 0 Å². The first-order chi connectivity index (χ1) is 5.79. The summed E-state index contributed by atoms with van der Waals surface area (Å²) in [5.41, 5.74) is 2.84. The zero-order chi connectivity index (χ0) is 8.55. The predicted molar refractivity (Wildman–Crippen MR) is 45.8 cm³/mol. The third-order valence-electron chi connectivity index (χ3n) is 1.81. The normalized spacial score (nSPS) is 11.2. The summed E-state index contributed by atoms with van der Waals surface area (Å²) >= 11 is 0. The monoisotopic (exact) mass is 162 g/mol. The number of nitrogens with one attached hydrogen (secondary N) is 1. The van der Waals surface area contributed by atoms with Crippen LogP contribution in [0.3, 0.4) is 0 Å². The van der Waals surface area contributed by atoms with Gasteiger partial charge in [0.25, 0.3) is 0 Å². The van der Waals surface area contributed by atoms with Crippen molar-refractivity contribution in [3.63, 3.8) is 0 Å². The Bertz CT molecular complexity index is 391. The Hall–Kier alpha value is -1.45. The van der Waals surface area contributed by atoms with Crippen LogP contribution in [0.25, 0.3) is 11.0 Å². The van der Waals surface area contributed by atoms with Crippen LogP contribution in [0, 0.1) is 0 Å². The first-order valence-electron chi connectivity index (χ1n) is 3.93. The highest BCUT2D eigenvalue weighted by Gasteiger charge is 2.08. The van der Waals surface area contributed by atoms with Gasteiger partial charge in [-0.05, 0) is 5.92 Å². The minimum Gasteiger partial charge on any atom is -0.343 e. The van der Waals surface area contributed by atoms with E-state index in [1.807, 2.05) is 0 Å². The minimum absolute atomic E-state index is 0.365. The number of fused-ring (bicyclic) bond motifs is 1. The molecule has 62 valence electrons. The second-order valence-corrected chi connectivity index (χ2v) is 3.05. The van der Waals surface area contributed by atoms with Crippen LogP contribution in [-0.4, -0.2) is 20.2 Å². The quantitative estimate of drug-likeness (QED) is 0.690. The Morgan fingerprint density at radius 1 is 1.42 bits per heavy atom. The van der Waals surface area contributed by atoms with E-state index in [1.54, 1.807) is 12.5 Å². The van der Waals surface area contributed by atoms with Gasteiger partial charge in [0.1, 0.15) is 5.52 Å². The molecule has 4 heteroatoms. The maximum absolute atomic E-state index is 4.18. The molecule has 12 heavy (non-hydrogen) atoms. The number of imidazole rings is 1. The van der Waals surface area contributed by atoms with Crippen molar-refractivity contribution in [1.82, 2.24) is 20.2 Å². The Balaban J connectivity index is 2.73. The van der Waals surface area contributed by atoms with Crippen LogP contribution in [0.2, 0.25) is 0 Å². The molecule has 0 spiro atoms. The Labute approximate surface area is 70.0 Å². The lowest BCUT2D eigenvalue weighted by Crippen LogP contribution is -1.95. The maximum atomic E-state index is 4.18. The highest BCUT2D eigenvalue weighted by molar-refractivity contribution is 5.75. The smallest absolute Gasteiger partial charge is 0.113 e. The third kappa shape index (κ3) is 0.958. The molecule has 0 bridgehead atoms. The topological polar surface area (TPSA) is 54.5 Å². The van der Waals surface area contributed by atoms with Crippen LogP contribution in [0.5, 0.6) is 0 Å². The van der Waals surface area contributed by atoms with Crippen LogP contribution in [0.4, 0.5) is 0 Å². The highest BCUT2D eigenvalue weighted by Crippen LogP contribution is 2.18. The largest absolute Gasteiger partial charge is 0.343 e. The second kappa shape index (κ2) is 2.55. The zero-order valence-corrected chi connectivity index (χ0v) is 7.07. The summed E-state index contributed by atoms with van der Waals surface area (Å²) in [4.78, 5) is 7.18. The van der Waals surface area contributed by atoms with Gasteiger partial charge in [0, 0.05) is 0 Å². The summed E-state index contributed by atoms with van der Waals surface area (Å²) in [5.74, 6) is 0.365. The molecule has 0 saturated heterocycles. The standard InChI is InChI=1S/C8H10N4/c1-5(2)7-8-6(3-11-12-7)9-4-10-8/h3-5H,1-2H3,(H,9,10). The second-order valence-electron chi connectivity index (χ2n) is 3.05. The van der Waals surface area contributed by atoms with Crippen molar-refractivity contribution < 1.29 is 0 Å². The number of hydrogen-bond donors (Lipinski definition) is 1. The molecule has 0 saturated carbocycles. The van der Waals surface area contributed by atoms with Crippen molar-refractivity contribution >= 4 is 11.0 Å². The van der Waals surface area contributed by atoms with Gasteiger partial charge in [-0.3, -0.25) is 0 Å². The van der Waals surface area contributed by atoms with E-state index >= 15 is 0 Å². The molecule has 1 N–H and O–H groups in total. The van der Waals surface area contributed by atoms with Gasteiger partial charge in [-0.1, -0.05) is 13.8 Å². The van der Waals surface area contributed by atoms with Gasteiger partial charge in [-0.2, -0.15) is 10.2 Å². The van der Waals surface area contributed by atoms with Crippen LogP contribution < -0.4 is 0 Å². The number of hydrogen-bond acceptors (Lipinski definition) is 3. The fraction of sp³-hybridized carbons (Fsp3) is 0.375. The molecule has 0 aliphatic heterocycles. The lowest BCUT2D eigenvalue weighted by Gasteiger charge is -2.01. The van der Waals surface area contributed by atoms with E-state index in [0.717, 1.165) is 16.7 Å². The SMILES string of the molecule is CC(C)c1nncc2[nH]cnc12. The van der Waals surface area contributed by atoms with Gasteiger partial charge >= 0.3 is 0 Å². The van der Waals surface area contributed by atoms with Crippen LogP contribution in [-0.2, 0) is 0 Å². The fourth-order valence-corrected chi connectivity index (χ4v) is 1.19. The molecule has 2 rings (SSSR count). The molecular formula is C8H10N4. The van der Waals surface area contributed by atoms with Gasteiger partial charge in [0.05, 0.1) is 23.7 Å². The van der Waals surface area contributed by atoms with E-state index in [-0.39, 0.29) is 0 Å². The van der Waals surface area contributed by atoms with E-state index in [9.17, 15) is 0 Å². The summed E-state index contributed by atoms with van der Waals surface area (Å²) in [7, 11) is 0. The first-order valence-corrected chi connectivity index (χ1v) is 3.93. The number of rotatable bonds is 1. The lowest BCUT2D eigenvalue weighted by molar-refractivity contribution is 0.796. The molecule has 2 aromatic heterocycles. The lowest BCUT2D eigenvalue weighted by atomic mass is 10.1. The summed E-state index contributed by atoms with van der Waals surface area (Å²) in [5, 5.41) is 7.93. The van der Waals surface area contributed by atoms with Crippen LogP contribution in [0.15, 0.2) is 12.5 Å². The summed E-state index contributed by atoms with van der Waals surface area (Å²) in [6, 6.07) is 0. The van der Waals surface area contributed by atoms with Crippen molar-refractivity contribution in [2.45, 2.75) is 19.8 Å². The molecule has 2 heterocycles. The van der Waals surface area contributed by atoms with Gasteiger partial charge in [0.15, 0.2) is 0 Å². The average Bonchev–Trinajstić information content (AvgIpc) is 2.49. The van der Waals surface area contributed by atoms with Crippen molar-refractivity contribution in [2.75, 3.05) is 0 Å². The molecule has 0 aromatic carbocycles. The molecule has 0 amide bonds. The number of H-pyrrole nitrogens is 1. The van der Waals surface area contributed by atoms with Crippen LogP contribution >= 0.6 is 0 Å². The first kappa shape index (κ1) is 7.21. The molecule has 0 aliphatic carbocycles. The Morgan fingerprint density at radius 3 is 3.00 bits per heavy atom. The number of aromatic nitrogens is 4. The molecule has 0 atom stereocenters. The van der Waals surface area contributed by atoms with Gasteiger partial charge < -0.3 is 4.98 Å². The molecular weight excluding hydrogens is 152 g/mol. The third-order valence-corrected chi connectivity index (χ3v) is 1.81. The number of nitrogens with zero attached hydrogens (tertiary/aromatic N) is 3. The summed E-state index contributed by atoms with van der Waals surface area (Å²) in [6.45, 7) is 4.16. The summed E-state index contributed by atoms with van der Waals surface area (Å²) < 4.78 is 0. The molecule has 0 unspecified atom stereocenters. The molecule has 2 aromatic rings. The maximum Gasteiger partial charge on any atom is 0.113 e. The summed E-state index contributed by atoms with van der Waals surface area (Å²) in [6.07, 6.45) is 3.36. The predicted octanol–water partition coefficient (Wildman–Crippen LogP) is 1.48. The Morgan fingerprint density at radius 2 is 2.25 bits per heavy atom. The van der Waals surface area contributed by atoms with E-state index in [0.29, 0.717) is 5.92 Å². The van der Waals surface area contributed by atoms with E-state index < -0.39 is 0 Å². The van der Waals surface area contributed by atoms with Crippen molar-refractivity contribution in [3.8, 4) is 0 Å². The van der Waals surface area contributed by atoms with Gasteiger partial charge in [-0.15, -0.1) is 0 Å². The number of aromatic amines is 1. The fourth-order valence-electron chi connectivity index (χ4n) is 1.19. The van der Waals surface area contributed by atoms with Crippen molar-refractivity contribution in [3.05, 3.63) is 18.2 Å². The van der Waals surface area contributed by atoms with Gasteiger partial charge in [-0.25, -0.2) is 4.98 Å². The molecule has 0 aliphatic rings. The average molecular weight is 162 g/mol. The van der Waals surface area contributed by atoms with Crippen molar-refractivity contribution in [1.29, 1.82) is 0 Å². The van der Waals surface area contributed by atoms with Crippen LogP contribution in [0.1, 0.15) is 25.5 Å². The Kier molecular flexibility index (Phi) is 1.53. The van der Waals surface area contributed by atoms with E-state index in [4.69, 9.17) is 0 Å². The van der Waals surface area contributed by atoms with Crippen molar-refractivity contribution in [2.24, 2.45) is 0 Å². The molecule has 0 fully saturated rings.